The van der Waals surface area contributed by atoms with Crippen LogP contribution in [0.15, 0.2) is 24.5 Å². The van der Waals surface area contributed by atoms with Crippen LogP contribution in [0.2, 0.25) is 0 Å². The van der Waals surface area contributed by atoms with Crippen molar-refractivity contribution in [3.63, 3.8) is 0 Å². The molecule has 1 aliphatic rings. The van der Waals surface area contributed by atoms with E-state index in [2.05, 4.69) is 4.98 Å². The average Bonchev–Trinajstić information content (AvgIpc) is 2.95. The highest BCUT2D eigenvalue weighted by atomic mass is 16.7. The highest BCUT2D eigenvalue weighted by Crippen LogP contribution is 2.22. The van der Waals surface area contributed by atoms with Crippen molar-refractivity contribution in [2.45, 2.75) is 44.8 Å². The van der Waals surface area contributed by atoms with Crippen molar-refractivity contribution in [3.8, 4) is 0 Å². The zero-order valence-corrected chi connectivity index (χ0v) is 12.7. The van der Waals surface area contributed by atoms with E-state index in [4.69, 9.17) is 14.2 Å². The minimum absolute atomic E-state index is 0.0404. The van der Waals surface area contributed by atoms with Gasteiger partial charge < -0.3 is 14.2 Å². The van der Waals surface area contributed by atoms with Crippen molar-refractivity contribution in [3.05, 3.63) is 30.1 Å². The molecule has 0 amide bonds. The van der Waals surface area contributed by atoms with Crippen molar-refractivity contribution in [1.29, 1.82) is 0 Å². The van der Waals surface area contributed by atoms with Crippen LogP contribution in [-0.2, 0) is 14.2 Å². The maximum Gasteiger partial charge on any atom is 0.305 e. The normalized spacial score (nSPS) is 23.5. The van der Waals surface area contributed by atoms with Gasteiger partial charge in [0, 0.05) is 30.7 Å². The van der Waals surface area contributed by atoms with Gasteiger partial charge in [-0.3, -0.25) is 10.2 Å². The lowest BCUT2D eigenvalue weighted by Crippen LogP contribution is -2.32. The topological polar surface area (TPSA) is 63.8 Å². The summed E-state index contributed by atoms with van der Waals surface area (Å²) in [6.45, 7) is 4.15. The molecule has 0 aliphatic carbocycles. The van der Waals surface area contributed by atoms with E-state index in [1.807, 2.05) is 26.0 Å². The summed E-state index contributed by atoms with van der Waals surface area (Å²) in [7, 11) is 1.61. The van der Waals surface area contributed by atoms with E-state index in [1.54, 1.807) is 25.7 Å². The Morgan fingerprint density at radius 3 is 3.00 bits per heavy atom. The molecule has 2 unspecified atom stereocenters. The summed E-state index contributed by atoms with van der Waals surface area (Å²) in [6, 6.07) is 3.69. The van der Waals surface area contributed by atoms with E-state index in [1.165, 1.54) is 0 Å². The molecule has 2 heterocycles. The molecule has 0 spiro atoms. The van der Waals surface area contributed by atoms with Gasteiger partial charge in [-0.15, -0.1) is 0 Å². The van der Waals surface area contributed by atoms with Crippen LogP contribution < -0.4 is 0 Å². The lowest BCUT2D eigenvalue weighted by Gasteiger charge is -2.24. The quantitative estimate of drug-likeness (QED) is 0.285. The molecule has 0 saturated carbocycles. The zero-order chi connectivity index (χ0) is 15.3. The van der Waals surface area contributed by atoms with E-state index < -0.39 is 5.79 Å². The molecular formula is C15H23N2O4+. The second-order valence-electron chi connectivity index (χ2n) is 5.50. The minimum atomic E-state index is -0.623. The maximum atomic E-state index is 10.1. The zero-order valence-electron chi connectivity index (χ0n) is 12.7. The Bertz CT molecular complexity index is 476. The van der Waals surface area contributed by atoms with Crippen LogP contribution in [0.25, 0.3) is 0 Å². The maximum absolute atomic E-state index is 10.1. The summed E-state index contributed by atoms with van der Waals surface area (Å²) in [5.41, 5.74) is 0.823. The number of pyridine rings is 1. The first-order chi connectivity index (χ1) is 10.00. The van der Waals surface area contributed by atoms with Gasteiger partial charge in [0.15, 0.2) is 5.79 Å². The van der Waals surface area contributed by atoms with Gasteiger partial charge in [0.25, 0.3) is 0 Å². The van der Waals surface area contributed by atoms with Crippen LogP contribution >= 0.6 is 0 Å². The number of hydroxylamine groups is 1. The average molecular weight is 295 g/mol. The van der Waals surface area contributed by atoms with E-state index in [-0.39, 0.29) is 12.3 Å². The predicted octanol–water partition coefficient (Wildman–Crippen LogP) is 1.81. The van der Waals surface area contributed by atoms with Crippen LogP contribution in [0.1, 0.15) is 32.3 Å². The molecule has 0 aromatic carbocycles. The first-order valence-corrected chi connectivity index (χ1v) is 7.07. The molecule has 2 rings (SSSR count). The summed E-state index contributed by atoms with van der Waals surface area (Å²) >= 11 is 0. The summed E-state index contributed by atoms with van der Waals surface area (Å²) in [6.07, 6.45) is 6.17. The molecule has 1 N–H and O–H groups in total. The third kappa shape index (κ3) is 4.77. The van der Waals surface area contributed by atoms with Crippen molar-refractivity contribution < 1.29 is 24.2 Å². The van der Waals surface area contributed by atoms with Crippen LogP contribution in [0.3, 0.4) is 0 Å². The van der Waals surface area contributed by atoms with Gasteiger partial charge in [0.05, 0.1) is 18.3 Å². The number of rotatable bonds is 6. The van der Waals surface area contributed by atoms with Crippen LogP contribution in [0, 0.1) is 0 Å². The third-order valence-electron chi connectivity index (χ3n) is 3.45. The van der Waals surface area contributed by atoms with Crippen LogP contribution in [0.5, 0.6) is 0 Å². The summed E-state index contributed by atoms with van der Waals surface area (Å²) < 4.78 is 17.7. The number of methoxy groups -OCH3 is 1. The largest absolute Gasteiger partial charge is 0.354 e. The summed E-state index contributed by atoms with van der Waals surface area (Å²) in [5, 5.41) is 10.1. The van der Waals surface area contributed by atoms with Crippen molar-refractivity contribution in [2.75, 3.05) is 13.7 Å². The van der Waals surface area contributed by atoms with Gasteiger partial charge in [-0.25, -0.2) is 0 Å². The fourth-order valence-corrected chi connectivity index (χ4v) is 2.04. The molecule has 6 heteroatoms. The van der Waals surface area contributed by atoms with Crippen molar-refractivity contribution in [1.82, 2.24) is 4.98 Å². The van der Waals surface area contributed by atoms with Gasteiger partial charge in [-0.2, -0.15) is 0 Å². The second kappa shape index (κ2) is 6.98. The predicted molar refractivity (Wildman–Crippen MR) is 76.4 cm³/mol. The van der Waals surface area contributed by atoms with Gasteiger partial charge >= 0.3 is 6.23 Å². The molecule has 0 bridgehead atoms. The first kappa shape index (κ1) is 15.9. The van der Waals surface area contributed by atoms with E-state index in [0.29, 0.717) is 6.61 Å². The molecule has 1 aromatic heterocycles. The number of hydrogen-bond acceptors (Lipinski definition) is 5. The van der Waals surface area contributed by atoms with Gasteiger partial charge in [-0.05, 0) is 32.4 Å². The van der Waals surface area contributed by atoms with Gasteiger partial charge in [0.1, 0.15) is 0 Å². The Hall–Kier alpha value is -1.50. The Morgan fingerprint density at radius 2 is 2.33 bits per heavy atom. The van der Waals surface area contributed by atoms with Crippen LogP contribution in [0.4, 0.5) is 0 Å². The summed E-state index contributed by atoms with van der Waals surface area (Å²) in [5.74, 6) is -0.623. The number of ether oxygens (including phenoxy) is 3. The minimum Gasteiger partial charge on any atom is -0.354 e. The van der Waals surface area contributed by atoms with Gasteiger partial charge in [-0.1, -0.05) is 0 Å². The molecule has 1 fully saturated rings. The van der Waals surface area contributed by atoms with Gasteiger partial charge in [0.2, 0.25) is 6.21 Å². The Morgan fingerprint density at radius 1 is 1.52 bits per heavy atom. The summed E-state index contributed by atoms with van der Waals surface area (Å²) in [4.78, 5) is 4.00. The number of hydrogen-bond donors (Lipinski definition) is 1. The molecule has 6 nitrogen and oxygen atoms in total. The van der Waals surface area contributed by atoms with E-state index >= 15 is 0 Å². The molecule has 21 heavy (non-hydrogen) atoms. The standard InChI is InChI=1S/C15H23N2O4/c1-15(2,19-3)20-11-13-6-7-14(21-13)17(18)10-12-5-4-8-16-9-12/h4-5,8-10,13-14,18H,6-7,11H2,1-3H3/q+1. The molecule has 116 valence electrons. The highest BCUT2D eigenvalue weighted by molar-refractivity contribution is 5.74. The fraction of sp³-hybridized carbons (Fsp3) is 0.600. The Kier molecular flexibility index (Phi) is 5.27. The molecule has 1 saturated heterocycles. The monoisotopic (exact) mass is 295 g/mol. The third-order valence-corrected chi connectivity index (χ3v) is 3.45. The number of aromatic nitrogens is 1. The van der Waals surface area contributed by atoms with Crippen molar-refractivity contribution >= 4 is 6.21 Å². The smallest absolute Gasteiger partial charge is 0.305 e. The van der Waals surface area contributed by atoms with E-state index in [0.717, 1.165) is 23.1 Å². The first-order valence-electron chi connectivity index (χ1n) is 7.07. The molecule has 1 aliphatic heterocycles. The molecule has 1 aromatic rings. The van der Waals surface area contributed by atoms with E-state index in [9.17, 15) is 5.21 Å². The lowest BCUT2D eigenvalue weighted by atomic mass is 10.2. The molecule has 0 radical (unpaired) electrons. The highest BCUT2D eigenvalue weighted by Gasteiger charge is 2.35. The fourth-order valence-electron chi connectivity index (χ4n) is 2.04. The Labute approximate surface area is 124 Å². The molecular weight excluding hydrogens is 272 g/mol. The number of nitrogens with zero attached hydrogens (tertiary/aromatic N) is 2. The second-order valence-corrected chi connectivity index (χ2v) is 5.50. The van der Waals surface area contributed by atoms with Crippen molar-refractivity contribution in [2.24, 2.45) is 0 Å². The lowest BCUT2D eigenvalue weighted by molar-refractivity contribution is -0.819. The van der Waals surface area contributed by atoms with Crippen LogP contribution in [-0.4, -0.2) is 53.0 Å². The SMILES string of the molecule is COC(C)(C)OCC1CCC(/[N+](O)=C/c2cccnc2)O1. The molecule has 2 atom stereocenters. The Balaban J connectivity index is 1.86.